The van der Waals surface area contributed by atoms with Gasteiger partial charge in [-0.25, -0.2) is 4.79 Å². The monoisotopic (exact) mass is 348 g/mol. The Hall–Kier alpha value is -3.27. The van der Waals surface area contributed by atoms with Crippen LogP contribution in [0.3, 0.4) is 0 Å². The average molecular weight is 348 g/mol. The Kier molecular flexibility index (Phi) is 5.54. The summed E-state index contributed by atoms with van der Waals surface area (Å²) in [5.41, 5.74) is 1.79. The Morgan fingerprint density at radius 1 is 0.923 bits per heavy atom. The maximum Gasteiger partial charge on any atom is 0.345 e. The van der Waals surface area contributed by atoms with Crippen LogP contribution in [0.15, 0.2) is 78.9 Å². The molecular formula is C22H20O4. The molecule has 0 spiro atoms. The predicted molar refractivity (Wildman–Crippen MR) is 99.9 cm³/mol. The van der Waals surface area contributed by atoms with E-state index >= 15 is 0 Å². The van der Waals surface area contributed by atoms with E-state index in [4.69, 9.17) is 9.47 Å². The minimum atomic E-state index is -1.01. The Bertz CT molecular complexity index is 874. The molecule has 4 heteroatoms. The van der Waals surface area contributed by atoms with Gasteiger partial charge in [0.05, 0.1) is 0 Å². The van der Waals surface area contributed by atoms with E-state index in [1.54, 1.807) is 6.07 Å². The topological polar surface area (TPSA) is 55.8 Å². The van der Waals surface area contributed by atoms with Crippen molar-refractivity contribution in [3.8, 4) is 17.2 Å². The summed E-state index contributed by atoms with van der Waals surface area (Å²) in [6.45, 7) is 1.94. The molecule has 0 aliphatic rings. The van der Waals surface area contributed by atoms with Gasteiger partial charge in [-0.15, -0.1) is 0 Å². The van der Waals surface area contributed by atoms with Gasteiger partial charge in [-0.2, -0.15) is 0 Å². The minimum Gasteiger partial charge on any atom is -0.478 e. The molecule has 4 nitrogen and oxygen atoms in total. The predicted octanol–water partition coefficient (Wildman–Crippen LogP) is 4.86. The van der Waals surface area contributed by atoms with E-state index in [1.165, 1.54) is 0 Å². The van der Waals surface area contributed by atoms with Crippen LogP contribution in [0.1, 0.15) is 11.1 Å². The first kappa shape index (κ1) is 17.5. The van der Waals surface area contributed by atoms with Gasteiger partial charge in [-0.1, -0.05) is 48.5 Å². The van der Waals surface area contributed by atoms with Gasteiger partial charge >= 0.3 is 5.97 Å². The zero-order chi connectivity index (χ0) is 18.4. The van der Waals surface area contributed by atoms with Crippen molar-refractivity contribution in [1.82, 2.24) is 0 Å². The molecule has 1 atom stereocenters. The lowest BCUT2D eigenvalue weighted by atomic mass is 10.1. The second-order valence-electron chi connectivity index (χ2n) is 5.99. The van der Waals surface area contributed by atoms with Crippen molar-refractivity contribution >= 4 is 5.97 Å². The van der Waals surface area contributed by atoms with Crippen molar-refractivity contribution in [2.24, 2.45) is 0 Å². The van der Waals surface area contributed by atoms with Crippen LogP contribution in [0.25, 0.3) is 0 Å². The van der Waals surface area contributed by atoms with Gasteiger partial charge in [0.2, 0.25) is 0 Å². The number of carboxylic acids is 1. The highest BCUT2D eigenvalue weighted by atomic mass is 16.5. The number of rotatable bonds is 7. The normalized spacial score (nSPS) is 11.6. The van der Waals surface area contributed by atoms with Crippen LogP contribution >= 0.6 is 0 Å². The Labute approximate surface area is 152 Å². The third kappa shape index (κ3) is 4.63. The fourth-order valence-electron chi connectivity index (χ4n) is 2.62. The van der Waals surface area contributed by atoms with Crippen LogP contribution in [0, 0.1) is 6.92 Å². The maximum atomic E-state index is 11.7. The summed E-state index contributed by atoms with van der Waals surface area (Å²) < 4.78 is 11.6. The van der Waals surface area contributed by atoms with E-state index in [0.29, 0.717) is 17.2 Å². The molecule has 0 aliphatic carbocycles. The third-order valence-electron chi connectivity index (χ3n) is 3.89. The van der Waals surface area contributed by atoms with Crippen LogP contribution in [0.5, 0.6) is 17.2 Å². The number of benzene rings is 3. The van der Waals surface area contributed by atoms with Crippen molar-refractivity contribution in [3.63, 3.8) is 0 Å². The van der Waals surface area contributed by atoms with Crippen LogP contribution < -0.4 is 9.47 Å². The molecule has 26 heavy (non-hydrogen) atoms. The van der Waals surface area contributed by atoms with Crippen molar-refractivity contribution in [2.75, 3.05) is 0 Å². The third-order valence-corrected chi connectivity index (χ3v) is 3.89. The molecule has 0 aromatic heterocycles. The summed E-state index contributed by atoms with van der Waals surface area (Å²) in [7, 11) is 0. The maximum absolute atomic E-state index is 11.7. The Morgan fingerprint density at radius 2 is 1.62 bits per heavy atom. The second-order valence-corrected chi connectivity index (χ2v) is 5.99. The Balaban J connectivity index is 1.80. The molecule has 0 aliphatic heterocycles. The molecule has 132 valence electrons. The summed E-state index contributed by atoms with van der Waals surface area (Å²) >= 11 is 0. The molecule has 3 aromatic rings. The molecule has 0 radical (unpaired) electrons. The van der Waals surface area contributed by atoms with Gasteiger partial charge in [-0.05, 0) is 48.4 Å². The van der Waals surface area contributed by atoms with E-state index in [9.17, 15) is 9.90 Å². The second kappa shape index (κ2) is 8.21. The van der Waals surface area contributed by atoms with E-state index in [-0.39, 0.29) is 6.42 Å². The van der Waals surface area contributed by atoms with Crippen molar-refractivity contribution < 1.29 is 19.4 Å². The molecule has 3 rings (SSSR count). The number of aryl methyl sites for hydroxylation is 1. The van der Waals surface area contributed by atoms with E-state index in [2.05, 4.69) is 0 Å². The van der Waals surface area contributed by atoms with Gasteiger partial charge in [-0.3, -0.25) is 0 Å². The van der Waals surface area contributed by atoms with Gasteiger partial charge in [0, 0.05) is 6.42 Å². The summed E-state index contributed by atoms with van der Waals surface area (Å²) in [4.78, 5) is 11.7. The lowest BCUT2D eigenvalue weighted by molar-refractivity contribution is -0.145. The first-order valence-corrected chi connectivity index (χ1v) is 8.39. The highest BCUT2D eigenvalue weighted by molar-refractivity contribution is 5.73. The smallest absolute Gasteiger partial charge is 0.345 e. The summed E-state index contributed by atoms with van der Waals surface area (Å²) in [6.07, 6.45) is -0.802. The molecule has 0 heterocycles. The number of hydrogen-bond donors (Lipinski definition) is 1. The minimum absolute atomic E-state index is 0.201. The van der Waals surface area contributed by atoms with Gasteiger partial charge in [0.25, 0.3) is 0 Å². The summed E-state index contributed by atoms with van der Waals surface area (Å²) in [6, 6.07) is 24.2. The number of ether oxygens (including phenoxy) is 2. The Morgan fingerprint density at radius 3 is 2.35 bits per heavy atom. The first-order chi connectivity index (χ1) is 12.6. The molecular weight excluding hydrogens is 328 g/mol. The standard InChI is InChI=1S/C22H20O4/c1-16-8-7-12-19(14-16)26-21(22(23)24)15-17-9-5-6-13-20(17)25-18-10-3-2-4-11-18/h2-14,21H,15H2,1H3,(H,23,24)/t21-/m1/s1. The number of para-hydroxylation sites is 2. The van der Waals surface area contributed by atoms with Gasteiger partial charge in [0.15, 0.2) is 6.10 Å². The SMILES string of the molecule is Cc1cccc(O[C@H](Cc2ccccc2Oc2ccccc2)C(=O)O)c1. The van der Waals surface area contributed by atoms with E-state index in [0.717, 1.165) is 11.1 Å². The molecule has 0 saturated heterocycles. The van der Waals surface area contributed by atoms with Gasteiger partial charge in [0.1, 0.15) is 17.2 Å². The van der Waals surface area contributed by atoms with Crippen molar-refractivity contribution in [2.45, 2.75) is 19.4 Å². The van der Waals surface area contributed by atoms with Crippen LogP contribution in [0.4, 0.5) is 0 Å². The highest BCUT2D eigenvalue weighted by Crippen LogP contribution is 2.27. The van der Waals surface area contributed by atoms with E-state index < -0.39 is 12.1 Å². The molecule has 0 bridgehead atoms. The zero-order valence-electron chi connectivity index (χ0n) is 14.5. The molecule has 0 saturated carbocycles. The molecule has 3 aromatic carbocycles. The zero-order valence-corrected chi connectivity index (χ0v) is 14.5. The molecule has 1 N–H and O–H groups in total. The van der Waals surface area contributed by atoms with Crippen molar-refractivity contribution in [3.05, 3.63) is 90.0 Å². The quantitative estimate of drug-likeness (QED) is 0.662. The number of hydrogen-bond acceptors (Lipinski definition) is 3. The van der Waals surface area contributed by atoms with Crippen LogP contribution in [-0.4, -0.2) is 17.2 Å². The molecule has 0 unspecified atom stereocenters. The van der Waals surface area contributed by atoms with Crippen LogP contribution in [0.2, 0.25) is 0 Å². The number of aliphatic carboxylic acids is 1. The molecule has 0 fully saturated rings. The fraction of sp³-hybridized carbons (Fsp3) is 0.136. The largest absolute Gasteiger partial charge is 0.478 e. The first-order valence-electron chi connectivity index (χ1n) is 8.39. The fourth-order valence-corrected chi connectivity index (χ4v) is 2.62. The summed E-state index contributed by atoms with van der Waals surface area (Å²) in [5.74, 6) is 0.851. The lowest BCUT2D eigenvalue weighted by Gasteiger charge is -2.17. The summed E-state index contributed by atoms with van der Waals surface area (Å²) in [5, 5.41) is 9.58. The van der Waals surface area contributed by atoms with Crippen LogP contribution in [-0.2, 0) is 11.2 Å². The van der Waals surface area contributed by atoms with Crippen molar-refractivity contribution in [1.29, 1.82) is 0 Å². The average Bonchev–Trinajstić information content (AvgIpc) is 2.63. The molecule has 0 amide bonds. The van der Waals surface area contributed by atoms with Gasteiger partial charge < -0.3 is 14.6 Å². The highest BCUT2D eigenvalue weighted by Gasteiger charge is 2.22. The number of carbonyl (C=O) groups is 1. The van der Waals surface area contributed by atoms with E-state index in [1.807, 2.05) is 79.7 Å². The number of carboxylic acid groups (broad SMARTS) is 1. The lowest BCUT2D eigenvalue weighted by Crippen LogP contribution is -2.29.